The van der Waals surface area contributed by atoms with Gasteiger partial charge in [-0.2, -0.15) is 0 Å². The molecule has 0 saturated heterocycles. The Balaban J connectivity index is 2.25. The Morgan fingerprint density at radius 2 is 2.22 bits per heavy atom. The molecule has 2 aromatic heterocycles. The first-order valence-corrected chi connectivity index (χ1v) is 6.96. The lowest BCUT2D eigenvalue weighted by atomic mass is 10.2. The van der Waals surface area contributed by atoms with Crippen LogP contribution in [0.15, 0.2) is 11.6 Å². The van der Waals surface area contributed by atoms with E-state index in [1.54, 1.807) is 11.6 Å². The SMILES string of the molecule is CCc1nc(CC(=O)c2nccs2)c(C(=O)O)s1. The van der Waals surface area contributed by atoms with Gasteiger partial charge in [0.25, 0.3) is 0 Å². The van der Waals surface area contributed by atoms with Crippen molar-refractivity contribution in [2.24, 2.45) is 0 Å². The van der Waals surface area contributed by atoms with E-state index >= 15 is 0 Å². The Labute approximate surface area is 111 Å². The second-order valence-corrected chi connectivity index (χ2v) is 5.46. The molecule has 1 N–H and O–H groups in total. The summed E-state index contributed by atoms with van der Waals surface area (Å²) in [6.07, 6.45) is 2.20. The molecule has 0 bridgehead atoms. The van der Waals surface area contributed by atoms with Gasteiger partial charge in [0.1, 0.15) is 4.88 Å². The van der Waals surface area contributed by atoms with E-state index in [0.717, 1.165) is 16.3 Å². The van der Waals surface area contributed by atoms with Gasteiger partial charge in [0, 0.05) is 11.6 Å². The molecule has 0 aliphatic carbocycles. The molecule has 0 aliphatic heterocycles. The van der Waals surface area contributed by atoms with E-state index in [4.69, 9.17) is 5.11 Å². The van der Waals surface area contributed by atoms with Crippen LogP contribution in [-0.4, -0.2) is 26.8 Å². The van der Waals surface area contributed by atoms with Gasteiger partial charge in [-0.3, -0.25) is 4.79 Å². The molecule has 2 heterocycles. The molecule has 0 aromatic carbocycles. The minimum atomic E-state index is -1.03. The van der Waals surface area contributed by atoms with E-state index in [2.05, 4.69) is 9.97 Å². The van der Waals surface area contributed by atoms with Gasteiger partial charge in [0.15, 0.2) is 10.8 Å². The monoisotopic (exact) mass is 282 g/mol. The normalized spacial score (nSPS) is 10.5. The molecule has 0 amide bonds. The minimum absolute atomic E-state index is 0.00829. The van der Waals surface area contributed by atoms with Gasteiger partial charge in [-0.05, 0) is 6.42 Å². The summed E-state index contributed by atoms with van der Waals surface area (Å²) in [7, 11) is 0. The lowest BCUT2D eigenvalue weighted by Crippen LogP contribution is -2.07. The van der Waals surface area contributed by atoms with Crippen LogP contribution in [-0.2, 0) is 12.8 Å². The largest absolute Gasteiger partial charge is 0.477 e. The number of hydrogen-bond donors (Lipinski definition) is 1. The van der Waals surface area contributed by atoms with Crippen molar-refractivity contribution in [3.8, 4) is 0 Å². The topological polar surface area (TPSA) is 80.2 Å². The van der Waals surface area contributed by atoms with Crippen LogP contribution in [0.5, 0.6) is 0 Å². The third kappa shape index (κ3) is 2.62. The minimum Gasteiger partial charge on any atom is -0.477 e. The van der Waals surface area contributed by atoms with Gasteiger partial charge >= 0.3 is 5.97 Å². The number of carbonyl (C=O) groups excluding carboxylic acids is 1. The smallest absolute Gasteiger partial charge is 0.347 e. The summed E-state index contributed by atoms with van der Waals surface area (Å²) >= 11 is 2.37. The summed E-state index contributed by atoms with van der Waals surface area (Å²) in [5.41, 5.74) is 0.338. The summed E-state index contributed by atoms with van der Waals surface area (Å²) in [6, 6.07) is 0. The van der Waals surface area contributed by atoms with Crippen LogP contribution in [0.2, 0.25) is 0 Å². The summed E-state index contributed by atoms with van der Waals surface area (Å²) < 4.78 is 0. The summed E-state index contributed by atoms with van der Waals surface area (Å²) in [5.74, 6) is -1.23. The molecule has 2 rings (SSSR count). The van der Waals surface area contributed by atoms with Crippen molar-refractivity contribution in [1.29, 1.82) is 0 Å². The van der Waals surface area contributed by atoms with E-state index in [0.29, 0.717) is 17.1 Å². The molecular weight excluding hydrogens is 272 g/mol. The first-order chi connectivity index (χ1) is 8.61. The first-order valence-electron chi connectivity index (χ1n) is 5.26. The van der Waals surface area contributed by atoms with Gasteiger partial charge in [-0.15, -0.1) is 22.7 Å². The van der Waals surface area contributed by atoms with Gasteiger partial charge in [-0.1, -0.05) is 6.92 Å². The van der Waals surface area contributed by atoms with Crippen LogP contribution in [0.25, 0.3) is 0 Å². The van der Waals surface area contributed by atoms with Gasteiger partial charge in [-0.25, -0.2) is 14.8 Å². The summed E-state index contributed by atoms with van der Waals surface area (Å²) in [5, 5.41) is 11.9. The summed E-state index contributed by atoms with van der Waals surface area (Å²) in [6.45, 7) is 1.90. The van der Waals surface area contributed by atoms with Crippen LogP contribution < -0.4 is 0 Å². The maximum absolute atomic E-state index is 11.9. The van der Waals surface area contributed by atoms with E-state index < -0.39 is 5.97 Å². The number of aryl methyl sites for hydroxylation is 1. The Hall–Kier alpha value is -1.60. The fourth-order valence-electron chi connectivity index (χ4n) is 1.43. The number of ketones is 1. The van der Waals surface area contributed by atoms with E-state index in [1.807, 2.05) is 6.92 Å². The third-order valence-electron chi connectivity index (χ3n) is 2.24. The van der Waals surface area contributed by atoms with Crippen molar-refractivity contribution in [3.05, 3.63) is 32.2 Å². The average molecular weight is 282 g/mol. The highest BCUT2D eigenvalue weighted by Crippen LogP contribution is 2.21. The molecule has 2 aromatic rings. The standard InChI is InChI=1S/C11H10N2O3S2/c1-2-8-13-6(9(18-8)11(15)16)5-7(14)10-12-3-4-17-10/h3-4H,2,5H2,1H3,(H,15,16). The lowest BCUT2D eigenvalue weighted by molar-refractivity contribution is 0.0701. The van der Waals surface area contributed by atoms with Crippen molar-refractivity contribution >= 4 is 34.4 Å². The number of nitrogens with zero attached hydrogens (tertiary/aromatic N) is 2. The van der Waals surface area contributed by atoms with Crippen molar-refractivity contribution in [1.82, 2.24) is 9.97 Å². The number of hydrogen-bond acceptors (Lipinski definition) is 6. The number of carbonyl (C=O) groups is 2. The van der Waals surface area contributed by atoms with Crippen LogP contribution in [0.4, 0.5) is 0 Å². The quantitative estimate of drug-likeness (QED) is 0.851. The third-order valence-corrected chi connectivity index (χ3v) is 4.28. The van der Waals surface area contributed by atoms with Crippen molar-refractivity contribution in [2.45, 2.75) is 19.8 Å². The Bertz CT molecular complexity index is 575. The van der Waals surface area contributed by atoms with Crippen molar-refractivity contribution in [3.63, 3.8) is 0 Å². The molecule has 0 spiro atoms. The molecule has 94 valence electrons. The molecule has 0 aliphatic rings. The fourth-order valence-corrected chi connectivity index (χ4v) is 2.86. The van der Waals surface area contributed by atoms with Crippen molar-refractivity contribution in [2.75, 3.05) is 0 Å². The molecular formula is C11H10N2O3S2. The number of carboxylic acids is 1. The highest BCUT2D eigenvalue weighted by Gasteiger charge is 2.20. The zero-order chi connectivity index (χ0) is 13.1. The summed E-state index contributed by atoms with van der Waals surface area (Å²) in [4.78, 5) is 31.2. The zero-order valence-electron chi connectivity index (χ0n) is 9.54. The number of rotatable bonds is 5. The molecule has 5 nitrogen and oxygen atoms in total. The van der Waals surface area contributed by atoms with E-state index in [1.165, 1.54) is 11.3 Å². The number of Topliss-reactive ketones (excluding diaryl/α,β-unsaturated/α-hetero) is 1. The van der Waals surface area contributed by atoms with Gasteiger partial charge in [0.2, 0.25) is 0 Å². The van der Waals surface area contributed by atoms with Crippen LogP contribution in [0.1, 0.15) is 37.1 Å². The van der Waals surface area contributed by atoms with E-state index in [9.17, 15) is 9.59 Å². The predicted molar refractivity (Wildman–Crippen MR) is 68.6 cm³/mol. The number of aromatic nitrogens is 2. The molecule has 7 heteroatoms. The fraction of sp³-hybridized carbons (Fsp3) is 0.273. The number of carboxylic acid groups (broad SMARTS) is 1. The van der Waals surface area contributed by atoms with Crippen LogP contribution in [0, 0.1) is 0 Å². The Morgan fingerprint density at radius 1 is 1.44 bits per heavy atom. The Morgan fingerprint density at radius 3 is 2.78 bits per heavy atom. The molecule has 0 unspecified atom stereocenters. The molecule has 0 atom stereocenters. The highest BCUT2D eigenvalue weighted by molar-refractivity contribution is 7.13. The maximum atomic E-state index is 11.9. The van der Waals surface area contributed by atoms with Gasteiger partial charge < -0.3 is 5.11 Å². The zero-order valence-corrected chi connectivity index (χ0v) is 11.2. The number of thiazole rings is 2. The van der Waals surface area contributed by atoms with Crippen LogP contribution >= 0.6 is 22.7 Å². The predicted octanol–water partition coefficient (Wildman–Crippen LogP) is 2.29. The Kier molecular flexibility index (Phi) is 3.83. The second kappa shape index (κ2) is 5.36. The number of aromatic carboxylic acids is 1. The second-order valence-electron chi connectivity index (χ2n) is 3.48. The average Bonchev–Trinajstić information content (AvgIpc) is 2.97. The van der Waals surface area contributed by atoms with Gasteiger partial charge in [0.05, 0.1) is 17.1 Å². The molecule has 0 saturated carbocycles. The molecule has 0 radical (unpaired) electrons. The lowest BCUT2D eigenvalue weighted by Gasteiger charge is -1.95. The molecule has 18 heavy (non-hydrogen) atoms. The van der Waals surface area contributed by atoms with Crippen molar-refractivity contribution < 1.29 is 14.7 Å². The van der Waals surface area contributed by atoms with E-state index in [-0.39, 0.29) is 17.1 Å². The van der Waals surface area contributed by atoms with Crippen LogP contribution in [0.3, 0.4) is 0 Å². The highest BCUT2D eigenvalue weighted by atomic mass is 32.1. The molecule has 0 fully saturated rings. The maximum Gasteiger partial charge on any atom is 0.347 e. The first kappa shape index (κ1) is 12.8.